The van der Waals surface area contributed by atoms with E-state index in [0.29, 0.717) is 0 Å². The maximum Gasteiger partial charge on any atom is 0.108 e. The second kappa shape index (κ2) is 4.02. The Morgan fingerprint density at radius 2 is 1.62 bits per heavy atom. The van der Waals surface area contributed by atoms with Crippen LogP contribution in [0.5, 0.6) is 0 Å². The van der Waals surface area contributed by atoms with Gasteiger partial charge in [0.05, 0.1) is 0 Å². The van der Waals surface area contributed by atoms with Crippen molar-refractivity contribution in [3.05, 3.63) is 11.3 Å². The zero-order valence-electron chi connectivity index (χ0n) is 9.77. The minimum Gasteiger partial charge on any atom is -0.366 e. The normalized spacial score (nSPS) is 28.4. The van der Waals surface area contributed by atoms with Gasteiger partial charge in [-0.25, -0.2) is 0 Å². The van der Waals surface area contributed by atoms with Gasteiger partial charge in [-0.2, -0.15) is 0 Å². The molecule has 2 aliphatic carbocycles. The van der Waals surface area contributed by atoms with Crippen molar-refractivity contribution in [2.24, 2.45) is 0 Å². The molecule has 0 atom stereocenters. The molecule has 3 rings (SSSR count). The van der Waals surface area contributed by atoms with Gasteiger partial charge in [-0.05, 0) is 51.4 Å². The minimum absolute atomic E-state index is 0.117. The Bertz CT molecular complexity index is 340. The van der Waals surface area contributed by atoms with Crippen LogP contribution in [0.2, 0.25) is 0 Å². The molecule has 16 heavy (non-hydrogen) atoms. The minimum atomic E-state index is 0.117. The predicted molar refractivity (Wildman–Crippen MR) is 70.2 cm³/mol. The van der Waals surface area contributed by atoms with Crippen molar-refractivity contribution >= 4 is 17.2 Å². The second-order valence-corrected chi connectivity index (χ2v) is 5.79. The smallest absolute Gasteiger partial charge is 0.108 e. The molecule has 2 N–H and O–H groups in total. The van der Waals surface area contributed by atoms with Crippen molar-refractivity contribution in [3.8, 4) is 0 Å². The number of allylic oxidation sites excluding steroid dienone is 1. The van der Waals surface area contributed by atoms with Crippen LogP contribution in [0.3, 0.4) is 0 Å². The second-order valence-electron chi connectivity index (χ2n) is 5.39. The van der Waals surface area contributed by atoms with Crippen LogP contribution in [0.4, 0.5) is 0 Å². The Kier molecular flexibility index (Phi) is 2.66. The van der Waals surface area contributed by atoms with Crippen LogP contribution in [0.25, 0.3) is 0 Å². The summed E-state index contributed by atoms with van der Waals surface area (Å²) in [6, 6.07) is 0. The third-order valence-electron chi connectivity index (χ3n) is 4.19. The van der Waals surface area contributed by atoms with Crippen LogP contribution < -0.4 is 10.6 Å². The Hall–Kier alpha value is -0.570. The lowest BCUT2D eigenvalue weighted by molar-refractivity contribution is 0.219. The maximum absolute atomic E-state index is 5.55. The van der Waals surface area contributed by atoms with E-state index in [1.807, 2.05) is 0 Å². The van der Waals surface area contributed by atoms with Crippen LogP contribution in [0.15, 0.2) is 11.3 Å². The molecular weight excluding hydrogens is 216 g/mol. The molecule has 0 bridgehead atoms. The first-order valence-corrected chi connectivity index (χ1v) is 7.03. The van der Waals surface area contributed by atoms with E-state index in [1.54, 1.807) is 0 Å². The standard InChI is InChI=1S/C13H20N2S/c16-12-10-6-2-3-7-11(10)14-13(15-12)8-4-1-5-9-13/h14H,1-9H2,(H,15,16). The summed E-state index contributed by atoms with van der Waals surface area (Å²) in [6.07, 6.45) is 11.5. The first-order chi connectivity index (χ1) is 7.79. The molecule has 1 spiro atoms. The highest BCUT2D eigenvalue weighted by atomic mass is 32.1. The molecule has 0 aromatic heterocycles. The van der Waals surface area contributed by atoms with Crippen molar-refractivity contribution in [2.75, 3.05) is 0 Å². The van der Waals surface area contributed by atoms with Gasteiger partial charge >= 0.3 is 0 Å². The summed E-state index contributed by atoms with van der Waals surface area (Å²) < 4.78 is 0. The molecule has 0 unspecified atom stereocenters. The van der Waals surface area contributed by atoms with Gasteiger partial charge in [0.25, 0.3) is 0 Å². The van der Waals surface area contributed by atoms with E-state index in [9.17, 15) is 0 Å². The van der Waals surface area contributed by atoms with Crippen molar-refractivity contribution in [1.29, 1.82) is 0 Å². The molecule has 0 amide bonds. The Labute approximate surface area is 103 Å². The summed E-state index contributed by atoms with van der Waals surface area (Å²) in [7, 11) is 0. The predicted octanol–water partition coefficient (Wildman–Crippen LogP) is 3.00. The SMILES string of the molecule is S=C1NC2(CCCCC2)NC2=C1CCCC2. The van der Waals surface area contributed by atoms with Crippen LogP contribution in [-0.2, 0) is 0 Å². The lowest BCUT2D eigenvalue weighted by atomic mass is 9.84. The first kappa shape index (κ1) is 10.6. The fourth-order valence-electron chi connectivity index (χ4n) is 3.31. The van der Waals surface area contributed by atoms with Gasteiger partial charge in [0.2, 0.25) is 0 Å². The Morgan fingerprint density at radius 3 is 2.44 bits per heavy atom. The average Bonchev–Trinajstić information content (AvgIpc) is 2.30. The van der Waals surface area contributed by atoms with E-state index >= 15 is 0 Å². The molecule has 3 heteroatoms. The highest BCUT2D eigenvalue weighted by molar-refractivity contribution is 7.80. The summed E-state index contributed by atoms with van der Waals surface area (Å²) in [5.74, 6) is 0. The summed E-state index contributed by atoms with van der Waals surface area (Å²) in [5.41, 5.74) is 2.97. The fraction of sp³-hybridized carbons (Fsp3) is 0.769. The molecular formula is C13H20N2S. The van der Waals surface area contributed by atoms with Gasteiger partial charge in [0.1, 0.15) is 10.7 Å². The molecule has 1 saturated carbocycles. The monoisotopic (exact) mass is 236 g/mol. The average molecular weight is 236 g/mol. The Balaban J connectivity index is 1.87. The number of thiocarbonyl (C=S) groups is 1. The topological polar surface area (TPSA) is 24.1 Å². The number of hydrogen-bond donors (Lipinski definition) is 2. The zero-order valence-corrected chi connectivity index (χ0v) is 10.6. The third kappa shape index (κ3) is 1.75. The van der Waals surface area contributed by atoms with E-state index < -0.39 is 0 Å². The van der Waals surface area contributed by atoms with E-state index in [0.717, 1.165) is 4.99 Å². The molecule has 1 heterocycles. The van der Waals surface area contributed by atoms with Gasteiger partial charge in [0.15, 0.2) is 0 Å². The van der Waals surface area contributed by atoms with Crippen LogP contribution in [0, 0.1) is 0 Å². The fourth-order valence-corrected chi connectivity index (χ4v) is 3.73. The zero-order chi connectivity index (χ0) is 11.0. The van der Waals surface area contributed by atoms with E-state index in [4.69, 9.17) is 12.2 Å². The van der Waals surface area contributed by atoms with Crippen molar-refractivity contribution in [3.63, 3.8) is 0 Å². The van der Waals surface area contributed by atoms with Crippen LogP contribution in [0.1, 0.15) is 57.8 Å². The Morgan fingerprint density at radius 1 is 0.875 bits per heavy atom. The van der Waals surface area contributed by atoms with Gasteiger partial charge in [-0.1, -0.05) is 18.6 Å². The van der Waals surface area contributed by atoms with Crippen LogP contribution in [-0.4, -0.2) is 10.7 Å². The molecule has 3 aliphatic rings. The number of rotatable bonds is 0. The molecule has 0 radical (unpaired) electrons. The lowest BCUT2D eigenvalue weighted by Gasteiger charge is -2.46. The van der Waals surface area contributed by atoms with E-state index in [2.05, 4.69) is 10.6 Å². The van der Waals surface area contributed by atoms with Gasteiger partial charge in [-0.3, -0.25) is 0 Å². The molecule has 0 aromatic carbocycles. The van der Waals surface area contributed by atoms with Crippen LogP contribution >= 0.6 is 12.2 Å². The maximum atomic E-state index is 5.55. The summed E-state index contributed by atoms with van der Waals surface area (Å²) in [4.78, 5) is 1.04. The first-order valence-electron chi connectivity index (χ1n) is 6.62. The third-order valence-corrected chi connectivity index (χ3v) is 4.54. The summed E-state index contributed by atoms with van der Waals surface area (Å²) in [5, 5.41) is 7.38. The van der Waals surface area contributed by atoms with Crippen molar-refractivity contribution in [2.45, 2.75) is 63.5 Å². The highest BCUT2D eigenvalue weighted by Gasteiger charge is 2.38. The molecule has 0 aromatic rings. The highest BCUT2D eigenvalue weighted by Crippen LogP contribution is 2.34. The molecule has 1 fully saturated rings. The molecule has 1 aliphatic heterocycles. The van der Waals surface area contributed by atoms with Crippen molar-refractivity contribution < 1.29 is 0 Å². The largest absolute Gasteiger partial charge is 0.366 e. The van der Waals surface area contributed by atoms with E-state index in [1.165, 1.54) is 69.1 Å². The van der Waals surface area contributed by atoms with Gasteiger partial charge in [-0.15, -0.1) is 0 Å². The van der Waals surface area contributed by atoms with Crippen molar-refractivity contribution in [1.82, 2.24) is 10.6 Å². The molecule has 2 nitrogen and oxygen atoms in total. The number of nitrogens with one attached hydrogen (secondary N) is 2. The summed E-state index contributed by atoms with van der Waals surface area (Å²) >= 11 is 5.55. The lowest BCUT2D eigenvalue weighted by Crippen LogP contribution is -2.62. The number of hydrogen-bond acceptors (Lipinski definition) is 2. The van der Waals surface area contributed by atoms with Gasteiger partial charge < -0.3 is 10.6 Å². The summed E-state index contributed by atoms with van der Waals surface area (Å²) in [6.45, 7) is 0. The molecule has 88 valence electrons. The quantitative estimate of drug-likeness (QED) is 0.632. The van der Waals surface area contributed by atoms with E-state index in [-0.39, 0.29) is 5.66 Å². The molecule has 0 saturated heterocycles. The van der Waals surface area contributed by atoms with Gasteiger partial charge in [0, 0.05) is 11.3 Å².